The fourth-order valence-corrected chi connectivity index (χ4v) is 10.4. The summed E-state index contributed by atoms with van der Waals surface area (Å²) in [6.07, 6.45) is 4.01. The van der Waals surface area contributed by atoms with Crippen LogP contribution in [0.1, 0.15) is 63.9 Å². The van der Waals surface area contributed by atoms with E-state index in [1.807, 2.05) is 36.4 Å². The van der Waals surface area contributed by atoms with Crippen LogP contribution in [0.4, 0.5) is 11.4 Å². The summed E-state index contributed by atoms with van der Waals surface area (Å²) in [6, 6.07) is 25.2. The summed E-state index contributed by atoms with van der Waals surface area (Å²) in [5, 5.41) is 32.5. The number of carbonyl (C=O) groups is 4. The topological polar surface area (TPSA) is 154 Å². The van der Waals surface area contributed by atoms with Gasteiger partial charge in [0.25, 0.3) is 5.91 Å². The van der Waals surface area contributed by atoms with E-state index < -0.39 is 13.2 Å². The highest BCUT2D eigenvalue weighted by atomic mass is 32.1. The molecular formula is C45H46BN5O7S. The Morgan fingerprint density at radius 2 is 1.51 bits per heavy atom. The molecule has 4 N–H and O–H groups in total. The standard InChI is InChI=1S/C45H46BN5O7S/c52-35-10-12-37-39(26-35)59-43(30-1-5-32(6-2-30)46(57)58)41(37)42(54)29-3-7-33(8-4-29)49-19-16-28(17-20-49)15-18-48-21-23-50(24-22-48)34-9-11-36-31(25-34)27-51(45(36)56)38-13-14-40(53)47-44(38)55/h1-12,25-26,28,38,52,57-58H,13-24,27H2,(H,47,53,55). The minimum atomic E-state index is -1.58. The lowest BCUT2D eigenvalue weighted by atomic mass is 9.80. The van der Waals surface area contributed by atoms with Gasteiger partial charge in [0.15, 0.2) is 5.78 Å². The van der Waals surface area contributed by atoms with Gasteiger partial charge in [-0.1, -0.05) is 24.3 Å². The van der Waals surface area contributed by atoms with E-state index in [9.17, 15) is 34.3 Å². The number of phenols is 1. The van der Waals surface area contributed by atoms with Crippen LogP contribution in [0.3, 0.4) is 0 Å². The first-order valence-corrected chi connectivity index (χ1v) is 21.3. The number of phenolic OH excluding ortho intramolecular Hbond substituents is 1. The minimum Gasteiger partial charge on any atom is -0.508 e. The summed E-state index contributed by atoms with van der Waals surface area (Å²) in [7, 11) is -1.58. The Morgan fingerprint density at radius 1 is 0.797 bits per heavy atom. The number of amides is 3. The first kappa shape index (κ1) is 39.0. The summed E-state index contributed by atoms with van der Waals surface area (Å²) in [5.74, 6) is -0.126. The predicted molar refractivity (Wildman–Crippen MR) is 229 cm³/mol. The molecule has 9 rings (SSSR count). The van der Waals surface area contributed by atoms with Gasteiger partial charge in [-0.3, -0.25) is 29.4 Å². The van der Waals surface area contributed by atoms with Crippen LogP contribution in [0.25, 0.3) is 20.5 Å². The third kappa shape index (κ3) is 7.85. The molecule has 0 bridgehead atoms. The van der Waals surface area contributed by atoms with Crippen LogP contribution in [0.2, 0.25) is 0 Å². The molecule has 3 saturated heterocycles. The Bertz CT molecular complexity index is 2420. The lowest BCUT2D eigenvalue weighted by Crippen LogP contribution is -2.52. The molecule has 0 aliphatic carbocycles. The van der Waals surface area contributed by atoms with E-state index in [-0.39, 0.29) is 35.7 Å². The van der Waals surface area contributed by atoms with E-state index in [1.54, 1.807) is 47.4 Å². The molecule has 12 nitrogen and oxygen atoms in total. The number of thiophene rings is 1. The number of rotatable bonds is 10. The highest BCUT2D eigenvalue weighted by Crippen LogP contribution is 2.41. The quantitative estimate of drug-likeness (QED) is 0.0909. The number of hydrogen-bond donors (Lipinski definition) is 4. The number of ketones is 1. The van der Waals surface area contributed by atoms with Crippen LogP contribution in [0.5, 0.6) is 5.75 Å². The summed E-state index contributed by atoms with van der Waals surface area (Å²) < 4.78 is 0.800. The minimum absolute atomic E-state index is 0.101. The number of piperazine rings is 1. The van der Waals surface area contributed by atoms with E-state index in [4.69, 9.17) is 0 Å². The second kappa shape index (κ2) is 16.3. The number of aromatic hydroxyl groups is 1. The maximum atomic E-state index is 14.1. The third-order valence-corrected chi connectivity index (χ3v) is 13.8. The van der Waals surface area contributed by atoms with Crippen molar-refractivity contribution in [1.29, 1.82) is 0 Å². The first-order chi connectivity index (χ1) is 28.6. The Hall–Kier alpha value is -5.54. The third-order valence-electron chi connectivity index (χ3n) is 12.6. The number of nitrogens with zero attached hydrogens (tertiary/aromatic N) is 4. The fraction of sp³-hybridized carbons (Fsp3) is 0.333. The van der Waals surface area contributed by atoms with E-state index in [2.05, 4.69) is 26.1 Å². The van der Waals surface area contributed by atoms with Crippen LogP contribution in [-0.2, 0) is 16.1 Å². The van der Waals surface area contributed by atoms with Gasteiger partial charge < -0.3 is 29.9 Å². The number of hydrogen-bond acceptors (Lipinski definition) is 11. The maximum absolute atomic E-state index is 14.1. The fourth-order valence-electron chi connectivity index (χ4n) is 9.12. The van der Waals surface area contributed by atoms with Crippen molar-refractivity contribution in [3.63, 3.8) is 0 Å². The predicted octanol–water partition coefficient (Wildman–Crippen LogP) is 4.37. The number of carbonyl (C=O) groups excluding carboxylic acids is 4. The zero-order chi connectivity index (χ0) is 40.8. The number of nitrogens with one attached hydrogen (secondary N) is 1. The van der Waals surface area contributed by atoms with Gasteiger partial charge in [0, 0.05) is 95.3 Å². The molecule has 1 unspecified atom stereocenters. The van der Waals surface area contributed by atoms with E-state index in [0.29, 0.717) is 41.0 Å². The summed E-state index contributed by atoms with van der Waals surface area (Å²) in [6.45, 7) is 7.18. The molecule has 0 radical (unpaired) electrons. The molecule has 4 aliphatic heterocycles. The Balaban J connectivity index is 0.763. The average Bonchev–Trinajstić information content (AvgIpc) is 3.79. The number of piperidine rings is 2. The monoisotopic (exact) mass is 811 g/mol. The van der Waals surface area contributed by atoms with Gasteiger partial charge in [-0.05, 0) is 115 Å². The normalized spacial score (nSPS) is 19.1. The van der Waals surface area contributed by atoms with Crippen molar-refractivity contribution in [1.82, 2.24) is 15.1 Å². The molecule has 5 heterocycles. The molecule has 4 aromatic carbocycles. The maximum Gasteiger partial charge on any atom is 0.488 e. The van der Waals surface area contributed by atoms with Gasteiger partial charge in [0.1, 0.15) is 11.8 Å². The van der Waals surface area contributed by atoms with E-state index >= 15 is 0 Å². The van der Waals surface area contributed by atoms with Crippen LogP contribution in [-0.4, -0.2) is 107 Å². The van der Waals surface area contributed by atoms with Gasteiger partial charge >= 0.3 is 7.12 Å². The summed E-state index contributed by atoms with van der Waals surface area (Å²) in [4.78, 5) is 61.1. The van der Waals surface area contributed by atoms with Crippen LogP contribution < -0.4 is 20.6 Å². The number of anilines is 2. The Kier molecular flexibility index (Phi) is 10.7. The highest BCUT2D eigenvalue weighted by Gasteiger charge is 2.39. The van der Waals surface area contributed by atoms with Crippen molar-refractivity contribution in [2.75, 3.05) is 55.6 Å². The van der Waals surface area contributed by atoms with Crippen molar-refractivity contribution >= 4 is 68.9 Å². The SMILES string of the molecule is O=C1CCC(N2Cc3cc(N4CCN(CCC5CCN(c6ccc(C(=O)c7c(-c8ccc(B(O)O)cc8)sc8cc(O)ccc78)cc6)CC5)CC4)ccc3C2=O)C(=O)N1. The molecule has 302 valence electrons. The molecule has 1 atom stereocenters. The van der Waals surface area contributed by atoms with Crippen LogP contribution in [0, 0.1) is 5.92 Å². The molecule has 4 aliphatic rings. The lowest BCUT2D eigenvalue weighted by molar-refractivity contribution is -0.136. The second-order valence-corrected chi connectivity index (χ2v) is 17.2. The van der Waals surface area contributed by atoms with Crippen molar-refractivity contribution in [2.45, 2.75) is 44.7 Å². The van der Waals surface area contributed by atoms with Gasteiger partial charge in [-0.2, -0.15) is 0 Å². The zero-order valence-electron chi connectivity index (χ0n) is 32.7. The van der Waals surface area contributed by atoms with Gasteiger partial charge in [0.2, 0.25) is 11.8 Å². The second-order valence-electron chi connectivity index (χ2n) is 16.1. The van der Waals surface area contributed by atoms with Crippen LogP contribution >= 0.6 is 11.3 Å². The van der Waals surface area contributed by atoms with Crippen molar-refractivity contribution in [3.05, 3.63) is 107 Å². The van der Waals surface area contributed by atoms with Gasteiger partial charge in [-0.15, -0.1) is 11.3 Å². The van der Waals surface area contributed by atoms with Gasteiger partial charge in [-0.25, -0.2) is 0 Å². The summed E-state index contributed by atoms with van der Waals surface area (Å²) in [5.41, 5.74) is 6.09. The van der Waals surface area contributed by atoms with Crippen molar-refractivity contribution in [2.24, 2.45) is 5.92 Å². The largest absolute Gasteiger partial charge is 0.508 e. The number of fused-ring (bicyclic) bond motifs is 2. The molecule has 14 heteroatoms. The average molecular weight is 812 g/mol. The zero-order valence-corrected chi connectivity index (χ0v) is 33.5. The Labute approximate surface area is 346 Å². The molecule has 59 heavy (non-hydrogen) atoms. The number of imide groups is 1. The van der Waals surface area contributed by atoms with E-state index in [0.717, 1.165) is 103 Å². The number of benzene rings is 4. The molecular weight excluding hydrogens is 765 g/mol. The molecule has 3 fully saturated rings. The first-order valence-electron chi connectivity index (χ1n) is 20.5. The lowest BCUT2D eigenvalue weighted by Gasteiger charge is -2.38. The molecule has 5 aromatic rings. The van der Waals surface area contributed by atoms with Crippen molar-refractivity contribution in [3.8, 4) is 16.2 Å². The molecule has 1 aromatic heterocycles. The molecule has 0 saturated carbocycles. The highest BCUT2D eigenvalue weighted by molar-refractivity contribution is 7.22. The summed E-state index contributed by atoms with van der Waals surface area (Å²) >= 11 is 1.43. The van der Waals surface area contributed by atoms with Crippen LogP contribution in [0.15, 0.2) is 84.9 Å². The van der Waals surface area contributed by atoms with Crippen molar-refractivity contribution < 1.29 is 34.3 Å². The van der Waals surface area contributed by atoms with Gasteiger partial charge in [0.05, 0.1) is 0 Å². The Morgan fingerprint density at radius 3 is 2.22 bits per heavy atom. The molecule has 0 spiro atoms. The smallest absolute Gasteiger partial charge is 0.488 e. The van der Waals surface area contributed by atoms with E-state index in [1.165, 1.54) is 11.3 Å². The molecule has 3 amide bonds.